The highest BCUT2D eigenvalue weighted by molar-refractivity contribution is 5.64. The molecule has 0 unspecified atom stereocenters. The summed E-state index contributed by atoms with van der Waals surface area (Å²) in [5.74, 6) is 0. The molecule has 0 aliphatic carbocycles. The third-order valence-electron chi connectivity index (χ3n) is 4.30. The molecule has 1 aromatic carbocycles. The third-order valence-corrected chi connectivity index (χ3v) is 4.30. The molecule has 0 fully saturated rings. The second-order valence-electron chi connectivity index (χ2n) is 6.14. The number of nitrogens with zero attached hydrogens (tertiary/aromatic N) is 1. The first-order valence-corrected chi connectivity index (χ1v) is 9.00. The van der Waals surface area contributed by atoms with Gasteiger partial charge in [-0.05, 0) is 60.4 Å². The first-order valence-electron chi connectivity index (χ1n) is 9.00. The van der Waals surface area contributed by atoms with E-state index in [0.29, 0.717) is 0 Å². The molecular weight excluding hydrogens is 278 g/mol. The van der Waals surface area contributed by atoms with Crippen molar-refractivity contribution in [3.8, 4) is 0 Å². The molecule has 1 heterocycles. The zero-order chi connectivity index (χ0) is 16.3. The van der Waals surface area contributed by atoms with E-state index in [0.717, 1.165) is 19.3 Å². The fourth-order valence-electron chi connectivity index (χ4n) is 2.95. The lowest BCUT2D eigenvalue weighted by Gasteiger charge is -2.06. The van der Waals surface area contributed by atoms with Crippen molar-refractivity contribution in [2.45, 2.75) is 58.8 Å². The molecule has 23 heavy (non-hydrogen) atoms. The maximum Gasteiger partial charge on any atom is 0.0342 e. The van der Waals surface area contributed by atoms with Gasteiger partial charge in [0.05, 0.1) is 0 Å². The number of hydrogen-bond acceptors (Lipinski definition) is 1. The molecule has 2 rings (SSSR count). The van der Waals surface area contributed by atoms with Crippen molar-refractivity contribution in [2.24, 2.45) is 0 Å². The van der Waals surface area contributed by atoms with E-state index in [-0.39, 0.29) is 0 Å². The van der Waals surface area contributed by atoms with Crippen LogP contribution in [0.4, 0.5) is 0 Å². The Kier molecular flexibility index (Phi) is 7.59. The predicted molar refractivity (Wildman–Crippen MR) is 100 cm³/mol. The minimum absolute atomic E-state index is 1.06. The third kappa shape index (κ3) is 6.02. The first-order chi connectivity index (χ1) is 11.3. The second kappa shape index (κ2) is 9.99. The van der Waals surface area contributed by atoms with E-state index in [9.17, 15) is 0 Å². The molecule has 1 nitrogen and oxygen atoms in total. The van der Waals surface area contributed by atoms with Crippen LogP contribution >= 0.6 is 0 Å². The smallest absolute Gasteiger partial charge is 0.0342 e. The largest absolute Gasteiger partial charge is 0.264 e. The molecule has 0 radical (unpaired) electrons. The van der Waals surface area contributed by atoms with Crippen molar-refractivity contribution in [1.29, 1.82) is 0 Å². The predicted octanol–water partition coefficient (Wildman–Crippen LogP) is 6.24. The number of unbranched alkanes of at least 4 members (excludes halogenated alkanes) is 2. The number of allylic oxidation sites excluding steroid dienone is 2. The van der Waals surface area contributed by atoms with Crippen LogP contribution in [0.5, 0.6) is 0 Å². The lowest BCUT2D eigenvalue weighted by Crippen LogP contribution is -1.90. The Morgan fingerprint density at radius 1 is 1.00 bits per heavy atom. The van der Waals surface area contributed by atoms with Gasteiger partial charge in [-0.2, -0.15) is 0 Å². The van der Waals surface area contributed by atoms with Crippen LogP contribution in [0, 0.1) is 0 Å². The highest BCUT2D eigenvalue weighted by Crippen LogP contribution is 2.18. The fourth-order valence-corrected chi connectivity index (χ4v) is 2.95. The first kappa shape index (κ1) is 17.5. The molecule has 0 bridgehead atoms. The normalized spacial score (nSPS) is 11.7. The Morgan fingerprint density at radius 2 is 1.83 bits per heavy atom. The zero-order valence-corrected chi connectivity index (χ0v) is 14.6. The molecule has 0 aliphatic heterocycles. The highest BCUT2D eigenvalue weighted by atomic mass is 14.6. The van der Waals surface area contributed by atoms with Gasteiger partial charge in [-0.15, -0.1) is 0 Å². The lowest BCUT2D eigenvalue weighted by atomic mass is 10.00. The maximum absolute atomic E-state index is 4.23. The van der Waals surface area contributed by atoms with Gasteiger partial charge in [-0.1, -0.05) is 63.1 Å². The molecule has 1 heteroatoms. The Labute approximate surface area is 141 Å². The SMILES string of the molecule is CCCCCc1cccc(CC/C=C(\CC)c2cccnc2)c1. The minimum Gasteiger partial charge on any atom is -0.264 e. The minimum atomic E-state index is 1.06. The van der Waals surface area contributed by atoms with E-state index in [1.807, 2.05) is 18.5 Å². The summed E-state index contributed by atoms with van der Waals surface area (Å²) in [7, 11) is 0. The van der Waals surface area contributed by atoms with Crippen LogP contribution in [0.15, 0.2) is 54.9 Å². The van der Waals surface area contributed by atoms with Crippen molar-refractivity contribution in [3.63, 3.8) is 0 Å². The van der Waals surface area contributed by atoms with Crippen molar-refractivity contribution >= 4 is 5.57 Å². The number of pyridine rings is 1. The second-order valence-corrected chi connectivity index (χ2v) is 6.14. The van der Waals surface area contributed by atoms with Gasteiger partial charge in [0.1, 0.15) is 0 Å². The Hall–Kier alpha value is -1.89. The van der Waals surface area contributed by atoms with Gasteiger partial charge >= 0.3 is 0 Å². The van der Waals surface area contributed by atoms with Crippen molar-refractivity contribution < 1.29 is 0 Å². The van der Waals surface area contributed by atoms with Crippen LogP contribution in [0.2, 0.25) is 0 Å². The van der Waals surface area contributed by atoms with Gasteiger partial charge < -0.3 is 0 Å². The van der Waals surface area contributed by atoms with Crippen LogP contribution in [0.3, 0.4) is 0 Å². The molecule has 0 N–H and O–H groups in total. The summed E-state index contributed by atoms with van der Waals surface area (Å²) < 4.78 is 0. The van der Waals surface area contributed by atoms with Gasteiger partial charge in [-0.3, -0.25) is 4.98 Å². The van der Waals surface area contributed by atoms with Crippen LogP contribution in [-0.2, 0) is 12.8 Å². The molecule has 122 valence electrons. The maximum atomic E-state index is 4.23. The van der Waals surface area contributed by atoms with E-state index in [1.54, 1.807) is 0 Å². The van der Waals surface area contributed by atoms with Gasteiger partial charge in [0.15, 0.2) is 0 Å². The number of rotatable bonds is 9. The fraction of sp³-hybridized carbons (Fsp3) is 0.409. The van der Waals surface area contributed by atoms with E-state index in [4.69, 9.17) is 0 Å². The standard InChI is InChI=1S/C22H29N/c1-3-5-6-10-19-11-7-12-20(17-19)13-8-14-21(4-2)22-15-9-16-23-18-22/h7,9,11-12,14-18H,3-6,8,10,13H2,1-2H3/b21-14+. The zero-order valence-electron chi connectivity index (χ0n) is 14.6. The number of aromatic nitrogens is 1. The molecule has 0 saturated heterocycles. The van der Waals surface area contributed by atoms with Crippen molar-refractivity contribution in [2.75, 3.05) is 0 Å². The molecular formula is C22H29N. The quantitative estimate of drug-likeness (QED) is 0.500. The van der Waals surface area contributed by atoms with E-state index in [1.165, 1.54) is 47.9 Å². The Balaban J connectivity index is 1.92. The van der Waals surface area contributed by atoms with Gasteiger partial charge in [0, 0.05) is 12.4 Å². The number of hydrogen-bond donors (Lipinski definition) is 0. The Bertz CT molecular complexity index is 598. The molecule has 1 aromatic heterocycles. The highest BCUT2D eigenvalue weighted by Gasteiger charge is 2.00. The molecule has 0 spiro atoms. The number of aryl methyl sites for hydroxylation is 2. The summed E-state index contributed by atoms with van der Waals surface area (Å²) in [6.45, 7) is 4.48. The van der Waals surface area contributed by atoms with Crippen LogP contribution in [0.1, 0.15) is 62.6 Å². The summed E-state index contributed by atoms with van der Waals surface area (Å²) in [6, 6.07) is 13.3. The van der Waals surface area contributed by atoms with E-state index < -0.39 is 0 Å². The molecule has 0 saturated carbocycles. The van der Waals surface area contributed by atoms with Crippen molar-refractivity contribution in [3.05, 3.63) is 71.6 Å². The topological polar surface area (TPSA) is 12.9 Å². The summed E-state index contributed by atoms with van der Waals surface area (Å²) in [6.07, 6.45) is 14.6. The van der Waals surface area contributed by atoms with Crippen LogP contribution < -0.4 is 0 Å². The summed E-state index contributed by atoms with van der Waals surface area (Å²) in [4.78, 5) is 4.23. The average molecular weight is 307 g/mol. The lowest BCUT2D eigenvalue weighted by molar-refractivity contribution is 0.717. The molecule has 0 atom stereocenters. The van der Waals surface area contributed by atoms with E-state index in [2.05, 4.69) is 55.2 Å². The summed E-state index contributed by atoms with van der Waals surface area (Å²) in [5, 5.41) is 0. The van der Waals surface area contributed by atoms with Crippen LogP contribution in [0.25, 0.3) is 5.57 Å². The monoisotopic (exact) mass is 307 g/mol. The summed E-state index contributed by atoms with van der Waals surface area (Å²) >= 11 is 0. The average Bonchev–Trinajstić information content (AvgIpc) is 2.60. The van der Waals surface area contributed by atoms with Gasteiger partial charge in [0.25, 0.3) is 0 Å². The molecule has 0 amide bonds. The molecule has 2 aromatic rings. The Morgan fingerprint density at radius 3 is 2.52 bits per heavy atom. The molecule has 0 aliphatic rings. The van der Waals surface area contributed by atoms with Gasteiger partial charge in [0.2, 0.25) is 0 Å². The van der Waals surface area contributed by atoms with Gasteiger partial charge in [-0.25, -0.2) is 0 Å². The summed E-state index contributed by atoms with van der Waals surface area (Å²) in [5.41, 5.74) is 5.60. The number of benzene rings is 1. The van der Waals surface area contributed by atoms with Crippen LogP contribution in [-0.4, -0.2) is 4.98 Å². The van der Waals surface area contributed by atoms with E-state index >= 15 is 0 Å². The van der Waals surface area contributed by atoms with Crippen molar-refractivity contribution in [1.82, 2.24) is 4.98 Å².